The Morgan fingerprint density at radius 2 is 2.06 bits per heavy atom. The molecule has 0 spiro atoms. The summed E-state index contributed by atoms with van der Waals surface area (Å²) in [7, 11) is 0. The summed E-state index contributed by atoms with van der Waals surface area (Å²) in [6.45, 7) is 1.86. The van der Waals surface area contributed by atoms with Gasteiger partial charge in [-0.05, 0) is 24.1 Å². The number of hydrogen-bond donors (Lipinski definition) is 3. The van der Waals surface area contributed by atoms with Crippen molar-refractivity contribution in [2.24, 2.45) is 0 Å². The van der Waals surface area contributed by atoms with E-state index in [1.807, 2.05) is 0 Å². The van der Waals surface area contributed by atoms with E-state index in [9.17, 15) is 14.7 Å². The van der Waals surface area contributed by atoms with Gasteiger partial charge >= 0.3 is 5.97 Å². The van der Waals surface area contributed by atoms with Crippen LogP contribution in [0.3, 0.4) is 0 Å². The van der Waals surface area contributed by atoms with Crippen LogP contribution >= 0.6 is 0 Å². The van der Waals surface area contributed by atoms with Gasteiger partial charge in [0.05, 0.1) is 0 Å². The number of carbonyl (C=O) groups is 2. The number of nitrogens with one attached hydrogen (secondary N) is 1. The minimum atomic E-state index is -1.17. The molecule has 0 fully saturated rings. The van der Waals surface area contributed by atoms with Gasteiger partial charge in [0.1, 0.15) is 11.3 Å². The molecular weight excluding hydrogens is 210 g/mol. The Morgan fingerprint density at radius 1 is 1.38 bits per heavy atom. The Bertz CT molecular complexity index is 414. The van der Waals surface area contributed by atoms with Gasteiger partial charge in [0.2, 0.25) is 5.91 Å². The maximum absolute atomic E-state index is 10.7. The molecule has 1 amide bonds. The fourth-order valence-corrected chi connectivity index (χ4v) is 1.29. The lowest BCUT2D eigenvalue weighted by Crippen LogP contribution is -2.22. The Kier molecular flexibility index (Phi) is 3.88. The quantitative estimate of drug-likeness (QED) is 0.703. The minimum Gasteiger partial charge on any atom is -0.507 e. The molecule has 0 saturated carbocycles. The summed E-state index contributed by atoms with van der Waals surface area (Å²) < 4.78 is 0. The highest BCUT2D eigenvalue weighted by atomic mass is 16.4. The Balaban J connectivity index is 2.71. The topological polar surface area (TPSA) is 86.6 Å². The van der Waals surface area contributed by atoms with Crippen LogP contribution in [0.1, 0.15) is 22.8 Å². The molecule has 86 valence electrons. The van der Waals surface area contributed by atoms with Crippen molar-refractivity contribution in [2.75, 3.05) is 6.54 Å². The van der Waals surface area contributed by atoms with Crippen LogP contribution in [0.5, 0.6) is 5.75 Å². The standard InChI is InChI=1S/C11H13NO4/c1-7(13)12-5-4-8-2-3-10(14)9(6-8)11(15)16/h2-3,6,14H,4-5H2,1H3,(H,12,13)(H,15,16). The van der Waals surface area contributed by atoms with Gasteiger partial charge in [-0.3, -0.25) is 4.79 Å². The summed E-state index contributed by atoms with van der Waals surface area (Å²) in [4.78, 5) is 21.3. The Labute approximate surface area is 92.7 Å². The van der Waals surface area contributed by atoms with Crippen LogP contribution in [0.15, 0.2) is 18.2 Å². The predicted molar refractivity (Wildman–Crippen MR) is 57.5 cm³/mol. The molecule has 0 radical (unpaired) electrons. The van der Waals surface area contributed by atoms with E-state index in [1.165, 1.54) is 19.1 Å². The number of aromatic hydroxyl groups is 1. The van der Waals surface area contributed by atoms with E-state index in [1.54, 1.807) is 6.07 Å². The van der Waals surface area contributed by atoms with Gasteiger partial charge in [-0.25, -0.2) is 4.79 Å². The van der Waals surface area contributed by atoms with E-state index in [-0.39, 0.29) is 17.2 Å². The van der Waals surface area contributed by atoms with Gasteiger partial charge in [-0.15, -0.1) is 0 Å². The molecule has 1 rings (SSSR count). The molecule has 0 aliphatic carbocycles. The third kappa shape index (κ3) is 3.27. The first kappa shape index (κ1) is 12.0. The molecule has 16 heavy (non-hydrogen) atoms. The second-order valence-corrected chi connectivity index (χ2v) is 3.39. The lowest BCUT2D eigenvalue weighted by Gasteiger charge is -2.05. The molecule has 0 aliphatic rings. The molecule has 1 aromatic carbocycles. The van der Waals surface area contributed by atoms with Gasteiger partial charge in [0, 0.05) is 13.5 Å². The second kappa shape index (κ2) is 5.16. The number of carboxylic acids is 1. The van der Waals surface area contributed by atoms with Crippen molar-refractivity contribution in [3.8, 4) is 5.75 Å². The van der Waals surface area contributed by atoms with Crippen LogP contribution in [-0.2, 0) is 11.2 Å². The first-order valence-corrected chi connectivity index (χ1v) is 4.80. The highest BCUT2D eigenvalue weighted by Crippen LogP contribution is 2.18. The van der Waals surface area contributed by atoms with Crippen molar-refractivity contribution in [3.05, 3.63) is 29.3 Å². The highest BCUT2D eigenvalue weighted by Gasteiger charge is 2.09. The number of carboxylic acid groups (broad SMARTS) is 1. The second-order valence-electron chi connectivity index (χ2n) is 3.39. The van der Waals surface area contributed by atoms with E-state index in [0.29, 0.717) is 13.0 Å². The van der Waals surface area contributed by atoms with Crippen LogP contribution in [0, 0.1) is 0 Å². The molecule has 0 unspecified atom stereocenters. The Hall–Kier alpha value is -2.04. The summed E-state index contributed by atoms with van der Waals surface area (Å²) in [5.41, 5.74) is 0.629. The van der Waals surface area contributed by atoms with E-state index < -0.39 is 5.97 Å². The van der Waals surface area contributed by atoms with Crippen molar-refractivity contribution in [3.63, 3.8) is 0 Å². The number of amides is 1. The number of aromatic carboxylic acids is 1. The van der Waals surface area contributed by atoms with Gasteiger partial charge in [0.15, 0.2) is 0 Å². The summed E-state index contributed by atoms with van der Waals surface area (Å²) in [6.07, 6.45) is 0.528. The zero-order valence-electron chi connectivity index (χ0n) is 8.86. The zero-order valence-corrected chi connectivity index (χ0v) is 8.86. The molecule has 0 saturated heterocycles. The van der Waals surface area contributed by atoms with Crippen molar-refractivity contribution in [1.29, 1.82) is 0 Å². The molecule has 5 nitrogen and oxygen atoms in total. The first-order valence-electron chi connectivity index (χ1n) is 4.80. The van der Waals surface area contributed by atoms with Crippen LogP contribution < -0.4 is 5.32 Å². The lowest BCUT2D eigenvalue weighted by molar-refractivity contribution is -0.118. The Morgan fingerprint density at radius 3 is 2.62 bits per heavy atom. The fourth-order valence-electron chi connectivity index (χ4n) is 1.29. The highest BCUT2D eigenvalue weighted by molar-refractivity contribution is 5.90. The molecule has 5 heteroatoms. The van der Waals surface area contributed by atoms with E-state index >= 15 is 0 Å². The average Bonchev–Trinajstić information content (AvgIpc) is 2.19. The maximum Gasteiger partial charge on any atom is 0.339 e. The zero-order chi connectivity index (χ0) is 12.1. The van der Waals surface area contributed by atoms with Gasteiger partial charge in [-0.1, -0.05) is 6.07 Å². The molecule has 0 atom stereocenters. The normalized spacial score (nSPS) is 9.81. The monoisotopic (exact) mass is 223 g/mol. The SMILES string of the molecule is CC(=O)NCCc1ccc(O)c(C(=O)O)c1. The van der Waals surface area contributed by atoms with Gasteiger partial charge in [-0.2, -0.15) is 0 Å². The number of rotatable bonds is 4. The molecule has 1 aromatic rings. The lowest BCUT2D eigenvalue weighted by atomic mass is 10.1. The van der Waals surface area contributed by atoms with Crippen molar-refractivity contribution < 1.29 is 19.8 Å². The van der Waals surface area contributed by atoms with Gasteiger partial charge in [0.25, 0.3) is 0 Å². The molecule has 0 aliphatic heterocycles. The van der Waals surface area contributed by atoms with Crippen LogP contribution in [0.2, 0.25) is 0 Å². The largest absolute Gasteiger partial charge is 0.507 e. The third-order valence-electron chi connectivity index (χ3n) is 2.08. The maximum atomic E-state index is 10.7. The van der Waals surface area contributed by atoms with E-state index in [2.05, 4.69) is 5.32 Å². The van der Waals surface area contributed by atoms with Gasteiger partial charge < -0.3 is 15.5 Å². The summed E-state index contributed by atoms with van der Waals surface area (Å²) in [5, 5.41) is 20.7. The van der Waals surface area contributed by atoms with Crippen LogP contribution in [0.4, 0.5) is 0 Å². The summed E-state index contributed by atoms with van der Waals surface area (Å²) >= 11 is 0. The molecule has 0 aromatic heterocycles. The smallest absolute Gasteiger partial charge is 0.339 e. The summed E-state index contributed by atoms with van der Waals surface area (Å²) in [5.74, 6) is -1.55. The first-order chi connectivity index (χ1) is 7.50. The van der Waals surface area contributed by atoms with Crippen molar-refractivity contribution >= 4 is 11.9 Å². The van der Waals surface area contributed by atoms with E-state index in [4.69, 9.17) is 5.11 Å². The molecule has 0 heterocycles. The molecule has 3 N–H and O–H groups in total. The van der Waals surface area contributed by atoms with E-state index in [0.717, 1.165) is 5.56 Å². The van der Waals surface area contributed by atoms with Crippen LogP contribution in [-0.4, -0.2) is 28.6 Å². The number of phenols is 1. The van der Waals surface area contributed by atoms with Crippen LogP contribution in [0.25, 0.3) is 0 Å². The van der Waals surface area contributed by atoms with Crippen molar-refractivity contribution in [2.45, 2.75) is 13.3 Å². The number of hydrogen-bond acceptors (Lipinski definition) is 3. The summed E-state index contributed by atoms with van der Waals surface area (Å²) in [6, 6.07) is 4.37. The number of benzene rings is 1. The third-order valence-corrected chi connectivity index (χ3v) is 2.08. The van der Waals surface area contributed by atoms with Crippen molar-refractivity contribution in [1.82, 2.24) is 5.32 Å². The molecule has 0 bridgehead atoms. The average molecular weight is 223 g/mol. The number of carbonyl (C=O) groups excluding carboxylic acids is 1. The molecular formula is C11H13NO4. The predicted octanol–water partition coefficient (Wildman–Crippen LogP) is 0.769. The minimum absolute atomic E-state index is 0.125. The fraction of sp³-hybridized carbons (Fsp3) is 0.273.